The van der Waals surface area contributed by atoms with Gasteiger partial charge in [0.05, 0.1) is 18.6 Å². The maximum atomic E-state index is 11.5. The molecule has 1 saturated heterocycles. The average Bonchev–Trinajstić information content (AvgIpc) is 2.00. The summed E-state index contributed by atoms with van der Waals surface area (Å²) in [5.74, 6) is 0. The highest BCUT2D eigenvalue weighted by molar-refractivity contribution is 5.69. The largest absolute Gasteiger partial charge is 0.444 e. The van der Waals surface area contributed by atoms with Crippen molar-refractivity contribution in [3.8, 4) is 0 Å². The van der Waals surface area contributed by atoms with Gasteiger partial charge in [-0.3, -0.25) is 0 Å². The van der Waals surface area contributed by atoms with Crippen molar-refractivity contribution in [3.05, 3.63) is 0 Å². The smallest absolute Gasteiger partial charge is 0.410 e. The molecular formula is C10H19NO4. The summed E-state index contributed by atoms with van der Waals surface area (Å²) in [6, 6.07) is 0. The van der Waals surface area contributed by atoms with Gasteiger partial charge in [-0.1, -0.05) is 0 Å². The van der Waals surface area contributed by atoms with E-state index in [1.165, 1.54) is 4.90 Å². The van der Waals surface area contributed by atoms with E-state index in [1.807, 2.05) is 0 Å². The van der Waals surface area contributed by atoms with Crippen LogP contribution < -0.4 is 0 Å². The van der Waals surface area contributed by atoms with E-state index in [9.17, 15) is 4.79 Å². The second-order valence-corrected chi connectivity index (χ2v) is 5.15. The Labute approximate surface area is 89.6 Å². The van der Waals surface area contributed by atoms with Crippen LogP contribution in [0.15, 0.2) is 0 Å². The lowest BCUT2D eigenvalue weighted by molar-refractivity contribution is -0.0789. The molecule has 0 bridgehead atoms. The second kappa shape index (κ2) is 3.98. The van der Waals surface area contributed by atoms with Gasteiger partial charge in [0, 0.05) is 13.1 Å². The molecule has 5 nitrogen and oxygen atoms in total. The summed E-state index contributed by atoms with van der Waals surface area (Å²) in [5.41, 5.74) is -1.04. The van der Waals surface area contributed by atoms with Gasteiger partial charge in [-0.05, 0) is 20.8 Å². The van der Waals surface area contributed by atoms with Crippen LogP contribution in [-0.2, 0) is 4.74 Å². The number of aliphatic hydroxyl groups is 2. The second-order valence-electron chi connectivity index (χ2n) is 5.15. The zero-order chi connectivity index (χ0) is 11.7. The summed E-state index contributed by atoms with van der Waals surface area (Å²) < 4.78 is 5.15. The zero-order valence-corrected chi connectivity index (χ0v) is 9.49. The number of likely N-dealkylation sites (tertiary alicyclic amines) is 1. The Balaban J connectivity index is 2.42. The molecule has 2 N–H and O–H groups in total. The zero-order valence-electron chi connectivity index (χ0n) is 9.49. The standard InChI is InChI=1S/C10H19NO4/c1-9(2,3)15-8(14)11-4-10(5-11,6-12)7-13/h12-13H,4-7H2,1-3H3. The third-order valence-corrected chi connectivity index (χ3v) is 2.38. The van der Waals surface area contributed by atoms with Crippen molar-refractivity contribution in [2.75, 3.05) is 26.3 Å². The van der Waals surface area contributed by atoms with Gasteiger partial charge in [-0.25, -0.2) is 4.79 Å². The molecule has 15 heavy (non-hydrogen) atoms. The normalized spacial score (nSPS) is 19.7. The van der Waals surface area contributed by atoms with E-state index in [0.29, 0.717) is 13.1 Å². The fraction of sp³-hybridized carbons (Fsp3) is 0.900. The Morgan fingerprint density at radius 3 is 2.13 bits per heavy atom. The molecule has 0 aromatic rings. The van der Waals surface area contributed by atoms with E-state index >= 15 is 0 Å². The van der Waals surface area contributed by atoms with Crippen LogP contribution in [0, 0.1) is 5.41 Å². The average molecular weight is 217 g/mol. The monoisotopic (exact) mass is 217 g/mol. The van der Waals surface area contributed by atoms with E-state index in [-0.39, 0.29) is 19.3 Å². The number of hydrogen-bond donors (Lipinski definition) is 2. The van der Waals surface area contributed by atoms with Crippen molar-refractivity contribution < 1.29 is 19.7 Å². The molecular weight excluding hydrogens is 198 g/mol. The first-order chi connectivity index (χ1) is 6.82. The number of carbonyl (C=O) groups is 1. The number of carbonyl (C=O) groups excluding carboxylic acids is 1. The van der Waals surface area contributed by atoms with Crippen LogP contribution in [0.1, 0.15) is 20.8 Å². The molecule has 0 spiro atoms. The number of hydrogen-bond acceptors (Lipinski definition) is 4. The first kappa shape index (κ1) is 12.3. The lowest BCUT2D eigenvalue weighted by Crippen LogP contribution is -2.62. The lowest BCUT2D eigenvalue weighted by Gasteiger charge is -2.47. The highest BCUT2D eigenvalue weighted by Crippen LogP contribution is 2.30. The predicted molar refractivity (Wildman–Crippen MR) is 54.4 cm³/mol. The van der Waals surface area contributed by atoms with Crippen molar-refractivity contribution in [2.45, 2.75) is 26.4 Å². The van der Waals surface area contributed by atoms with Crippen LogP contribution in [0.4, 0.5) is 4.79 Å². The lowest BCUT2D eigenvalue weighted by atomic mass is 9.82. The Kier molecular flexibility index (Phi) is 3.25. The highest BCUT2D eigenvalue weighted by Gasteiger charge is 2.45. The van der Waals surface area contributed by atoms with Crippen LogP contribution >= 0.6 is 0 Å². The number of aliphatic hydroxyl groups excluding tert-OH is 2. The molecule has 0 atom stereocenters. The summed E-state index contributed by atoms with van der Waals surface area (Å²) in [7, 11) is 0. The number of amides is 1. The Hall–Kier alpha value is -0.810. The molecule has 0 unspecified atom stereocenters. The summed E-state index contributed by atoms with van der Waals surface area (Å²) >= 11 is 0. The molecule has 1 aliphatic rings. The van der Waals surface area contributed by atoms with Crippen LogP contribution in [0.25, 0.3) is 0 Å². The molecule has 0 radical (unpaired) electrons. The van der Waals surface area contributed by atoms with Crippen molar-refractivity contribution in [2.24, 2.45) is 5.41 Å². The number of nitrogens with zero attached hydrogens (tertiary/aromatic N) is 1. The van der Waals surface area contributed by atoms with Gasteiger partial charge >= 0.3 is 6.09 Å². The van der Waals surface area contributed by atoms with E-state index in [2.05, 4.69) is 0 Å². The minimum Gasteiger partial charge on any atom is -0.444 e. The van der Waals surface area contributed by atoms with Crippen LogP contribution in [0.2, 0.25) is 0 Å². The van der Waals surface area contributed by atoms with Gasteiger partial charge in [-0.2, -0.15) is 0 Å². The summed E-state index contributed by atoms with van der Waals surface area (Å²) in [4.78, 5) is 13.0. The van der Waals surface area contributed by atoms with E-state index in [1.54, 1.807) is 20.8 Å². The van der Waals surface area contributed by atoms with Gasteiger partial charge in [0.25, 0.3) is 0 Å². The van der Waals surface area contributed by atoms with Crippen LogP contribution in [-0.4, -0.2) is 53.1 Å². The van der Waals surface area contributed by atoms with Gasteiger partial charge < -0.3 is 19.8 Å². The fourth-order valence-electron chi connectivity index (χ4n) is 1.47. The molecule has 0 aromatic carbocycles. The summed E-state index contributed by atoms with van der Waals surface area (Å²) in [5, 5.41) is 18.1. The molecule has 0 aromatic heterocycles. The van der Waals surface area contributed by atoms with Gasteiger partial charge in [0.1, 0.15) is 5.60 Å². The Morgan fingerprint density at radius 2 is 1.80 bits per heavy atom. The number of ether oxygens (including phenoxy) is 1. The Morgan fingerprint density at radius 1 is 1.33 bits per heavy atom. The molecule has 1 aliphatic heterocycles. The number of rotatable bonds is 2. The SMILES string of the molecule is CC(C)(C)OC(=O)N1CC(CO)(CO)C1. The quantitative estimate of drug-likeness (QED) is 0.693. The van der Waals surface area contributed by atoms with Crippen molar-refractivity contribution in [1.82, 2.24) is 4.90 Å². The van der Waals surface area contributed by atoms with Crippen molar-refractivity contribution in [1.29, 1.82) is 0 Å². The first-order valence-electron chi connectivity index (χ1n) is 5.02. The summed E-state index contributed by atoms with van der Waals surface area (Å²) in [6.07, 6.45) is -0.389. The third kappa shape index (κ3) is 2.82. The maximum Gasteiger partial charge on any atom is 0.410 e. The molecule has 5 heteroatoms. The Bertz CT molecular complexity index is 234. The molecule has 88 valence electrons. The molecule has 0 aliphatic carbocycles. The minimum atomic E-state index is -0.531. The first-order valence-corrected chi connectivity index (χ1v) is 5.02. The minimum absolute atomic E-state index is 0.108. The molecule has 1 rings (SSSR count). The fourth-order valence-corrected chi connectivity index (χ4v) is 1.47. The molecule has 1 heterocycles. The highest BCUT2D eigenvalue weighted by atomic mass is 16.6. The van der Waals surface area contributed by atoms with Crippen molar-refractivity contribution in [3.63, 3.8) is 0 Å². The van der Waals surface area contributed by atoms with Gasteiger partial charge in [0.2, 0.25) is 0 Å². The van der Waals surface area contributed by atoms with Crippen LogP contribution in [0.5, 0.6) is 0 Å². The summed E-state index contributed by atoms with van der Waals surface area (Å²) in [6.45, 7) is 5.90. The molecule has 1 amide bonds. The van der Waals surface area contributed by atoms with E-state index < -0.39 is 11.0 Å². The van der Waals surface area contributed by atoms with E-state index in [0.717, 1.165) is 0 Å². The van der Waals surface area contributed by atoms with Crippen molar-refractivity contribution >= 4 is 6.09 Å². The van der Waals surface area contributed by atoms with Crippen LogP contribution in [0.3, 0.4) is 0 Å². The van der Waals surface area contributed by atoms with Gasteiger partial charge in [0.15, 0.2) is 0 Å². The maximum absolute atomic E-state index is 11.5. The van der Waals surface area contributed by atoms with Gasteiger partial charge in [-0.15, -0.1) is 0 Å². The predicted octanol–water partition coefficient (Wildman–Crippen LogP) is 0.208. The molecule has 1 fully saturated rings. The van der Waals surface area contributed by atoms with E-state index in [4.69, 9.17) is 14.9 Å². The third-order valence-electron chi connectivity index (χ3n) is 2.38. The molecule has 0 saturated carbocycles. The topological polar surface area (TPSA) is 70.0 Å².